The third kappa shape index (κ3) is 3.72. The van der Waals surface area contributed by atoms with Gasteiger partial charge in [0.15, 0.2) is 0 Å². The minimum Gasteiger partial charge on any atom is -0.368 e. The first-order chi connectivity index (χ1) is 7.27. The lowest BCUT2D eigenvalue weighted by atomic mass is 10.3. The lowest BCUT2D eigenvalue weighted by Crippen LogP contribution is -2.43. The molecular weight excluding hydrogens is 188 g/mol. The van der Waals surface area contributed by atoms with Crippen molar-refractivity contribution in [1.29, 1.82) is 5.26 Å². The van der Waals surface area contributed by atoms with E-state index in [0.717, 1.165) is 31.9 Å². The van der Waals surface area contributed by atoms with Crippen LogP contribution in [0.25, 0.3) is 0 Å². The monoisotopic (exact) mass is 206 g/mol. The molecule has 15 heavy (non-hydrogen) atoms. The van der Waals surface area contributed by atoms with Crippen molar-refractivity contribution in [2.75, 3.05) is 26.2 Å². The molecule has 0 spiro atoms. The molecule has 0 amide bonds. The number of hydrogen-bond donors (Lipinski definition) is 1. The number of rotatable bonds is 3. The maximum Gasteiger partial charge on any atom is 0.133 e. The summed E-state index contributed by atoms with van der Waals surface area (Å²) in [6.07, 6.45) is 3.85. The Morgan fingerprint density at radius 3 is 2.73 bits per heavy atom. The van der Waals surface area contributed by atoms with E-state index in [1.54, 1.807) is 13.1 Å². The Morgan fingerprint density at radius 2 is 2.20 bits per heavy atom. The second-order valence-corrected chi connectivity index (χ2v) is 3.53. The van der Waals surface area contributed by atoms with E-state index in [1.165, 1.54) is 0 Å². The van der Waals surface area contributed by atoms with Crippen LogP contribution >= 0.6 is 0 Å². The topological polar surface area (TPSA) is 51.4 Å². The number of hydrogen-bond acceptors (Lipinski definition) is 4. The highest BCUT2D eigenvalue weighted by atomic mass is 15.2. The Hall–Kier alpha value is -1.34. The van der Waals surface area contributed by atoms with Crippen LogP contribution in [0.4, 0.5) is 0 Å². The molecule has 1 saturated heterocycles. The molecule has 0 saturated carbocycles. The molecule has 0 aromatic heterocycles. The van der Waals surface area contributed by atoms with Crippen LogP contribution in [0.5, 0.6) is 0 Å². The predicted molar refractivity (Wildman–Crippen MR) is 61.8 cm³/mol. The summed E-state index contributed by atoms with van der Waals surface area (Å²) in [6, 6.07) is 1.83. The van der Waals surface area contributed by atoms with Gasteiger partial charge in [-0.1, -0.05) is 6.08 Å². The number of piperazine rings is 1. The molecule has 1 aliphatic rings. The van der Waals surface area contributed by atoms with Crippen LogP contribution < -0.4 is 5.32 Å². The van der Waals surface area contributed by atoms with Gasteiger partial charge in [-0.25, -0.2) is 0 Å². The summed E-state index contributed by atoms with van der Waals surface area (Å²) >= 11 is 0. The molecule has 1 fully saturated rings. The van der Waals surface area contributed by atoms with Crippen LogP contribution in [0.3, 0.4) is 0 Å². The Bertz CT molecular complexity index is 281. The van der Waals surface area contributed by atoms with Crippen molar-refractivity contribution in [1.82, 2.24) is 10.2 Å². The van der Waals surface area contributed by atoms with E-state index in [9.17, 15) is 0 Å². The fourth-order valence-corrected chi connectivity index (χ4v) is 1.48. The van der Waals surface area contributed by atoms with Crippen molar-refractivity contribution in [3.8, 4) is 6.07 Å². The molecule has 1 aliphatic heterocycles. The van der Waals surface area contributed by atoms with Crippen LogP contribution in [0.1, 0.15) is 13.8 Å². The molecule has 1 atom stereocenters. The van der Waals surface area contributed by atoms with Gasteiger partial charge >= 0.3 is 0 Å². The number of nitrogens with zero attached hydrogens (tertiary/aromatic N) is 3. The van der Waals surface area contributed by atoms with Gasteiger partial charge in [0, 0.05) is 32.4 Å². The average Bonchev–Trinajstić information content (AvgIpc) is 2.31. The first-order valence-corrected chi connectivity index (χ1v) is 5.32. The minimum atomic E-state index is -0.261. The highest BCUT2D eigenvalue weighted by molar-refractivity contribution is 5.78. The van der Waals surface area contributed by atoms with Crippen LogP contribution in [0, 0.1) is 11.3 Å². The standard InChI is InChI=1S/C11H18N4/c1-3-11(9-14-10(2)8-12)15-6-4-13-5-7-15/h3,9-10,13H,4-7H2,1-2H3/b11-3+,14-9-. The summed E-state index contributed by atoms with van der Waals surface area (Å²) in [5.41, 5.74) is 1.11. The maximum atomic E-state index is 8.62. The van der Waals surface area contributed by atoms with Gasteiger partial charge in [0.2, 0.25) is 0 Å². The summed E-state index contributed by atoms with van der Waals surface area (Å²) in [5.74, 6) is 0. The lowest BCUT2D eigenvalue weighted by Gasteiger charge is -2.29. The molecular formula is C11H18N4. The second kappa shape index (κ2) is 6.20. The second-order valence-electron chi connectivity index (χ2n) is 3.53. The van der Waals surface area contributed by atoms with Gasteiger partial charge in [0.1, 0.15) is 6.04 Å². The highest BCUT2D eigenvalue weighted by Crippen LogP contribution is 2.03. The van der Waals surface area contributed by atoms with Gasteiger partial charge in [0.05, 0.1) is 11.8 Å². The highest BCUT2D eigenvalue weighted by Gasteiger charge is 2.10. The van der Waals surface area contributed by atoms with Crippen molar-refractivity contribution in [3.63, 3.8) is 0 Å². The third-order valence-corrected chi connectivity index (χ3v) is 2.40. The van der Waals surface area contributed by atoms with E-state index in [0.29, 0.717) is 0 Å². The van der Waals surface area contributed by atoms with E-state index in [1.807, 2.05) is 13.0 Å². The van der Waals surface area contributed by atoms with Gasteiger partial charge in [-0.05, 0) is 13.8 Å². The zero-order chi connectivity index (χ0) is 11.1. The normalized spacial score (nSPS) is 20.3. The first kappa shape index (κ1) is 11.7. The van der Waals surface area contributed by atoms with Crippen molar-refractivity contribution in [3.05, 3.63) is 11.8 Å². The summed E-state index contributed by atoms with van der Waals surface area (Å²) in [4.78, 5) is 6.45. The van der Waals surface area contributed by atoms with Crippen molar-refractivity contribution in [2.45, 2.75) is 19.9 Å². The molecule has 0 aliphatic carbocycles. The van der Waals surface area contributed by atoms with Crippen LogP contribution in [0.15, 0.2) is 16.8 Å². The van der Waals surface area contributed by atoms with Crippen LogP contribution in [0.2, 0.25) is 0 Å². The zero-order valence-electron chi connectivity index (χ0n) is 9.40. The van der Waals surface area contributed by atoms with Gasteiger partial charge in [-0.15, -0.1) is 0 Å². The summed E-state index contributed by atoms with van der Waals surface area (Å²) in [5, 5.41) is 11.9. The smallest absolute Gasteiger partial charge is 0.133 e. The molecule has 1 rings (SSSR count). The molecule has 0 bridgehead atoms. The maximum absolute atomic E-state index is 8.62. The fraction of sp³-hybridized carbons (Fsp3) is 0.636. The van der Waals surface area contributed by atoms with Gasteiger partial charge in [-0.3, -0.25) is 4.99 Å². The third-order valence-electron chi connectivity index (χ3n) is 2.40. The molecule has 82 valence electrons. The molecule has 1 heterocycles. The Morgan fingerprint density at radius 1 is 1.53 bits per heavy atom. The number of nitrogens with one attached hydrogen (secondary N) is 1. The van der Waals surface area contributed by atoms with Crippen molar-refractivity contribution in [2.24, 2.45) is 4.99 Å². The number of aliphatic imine (C=N–C) groups is 1. The van der Waals surface area contributed by atoms with Crippen LogP contribution in [-0.4, -0.2) is 43.3 Å². The molecule has 1 unspecified atom stereocenters. The molecule has 4 nitrogen and oxygen atoms in total. The summed E-state index contributed by atoms with van der Waals surface area (Å²) in [7, 11) is 0. The lowest BCUT2D eigenvalue weighted by molar-refractivity contribution is 0.312. The summed E-state index contributed by atoms with van der Waals surface area (Å²) < 4.78 is 0. The van der Waals surface area contributed by atoms with E-state index in [2.05, 4.69) is 21.3 Å². The van der Waals surface area contributed by atoms with Gasteiger partial charge in [0.25, 0.3) is 0 Å². The molecule has 0 aromatic carbocycles. The van der Waals surface area contributed by atoms with Gasteiger partial charge in [-0.2, -0.15) is 5.26 Å². The number of allylic oxidation sites excluding steroid dienone is 2. The Kier molecular flexibility index (Phi) is 4.85. The van der Waals surface area contributed by atoms with E-state index in [4.69, 9.17) is 5.26 Å². The first-order valence-electron chi connectivity index (χ1n) is 5.32. The van der Waals surface area contributed by atoms with Crippen LogP contribution in [-0.2, 0) is 0 Å². The van der Waals surface area contributed by atoms with E-state index in [-0.39, 0.29) is 6.04 Å². The van der Waals surface area contributed by atoms with Crippen molar-refractivity contribution < 1.29 is 0 Å². The minimum absolute atomic E-state index is 0.261. The zero-order valence-corrected chi connectivity index (χ0v) is 9.40. The van der Waals surface area contributed by atoms with E-state index < -0.39 is 0 Å². The fourth-order valence-electron chi connectivity index (χ4n) is 1.48. The SMILES string of the molecule is C/C=C(\C=N/C(C)C#N)N1CCNCC1. The predicted octanol–water partition coefficient (Wildman–Crippen LogP) is 0.778. The summed E-state index contributed by atoms with van der Waals surface area (Å²) in [6.45, 7) is 7.83. The molecule has 0 aromatic rings. The molecule has 0 radical (unpaired) electrons. The number of nitriles is 1. The van der Waals surface area contributed by atoms with E-state index >= 15 is 0 Å². The molecule has 4 heteroatoms. The quantitative estimate of drug-likeness (QED) is 0.694. The average molecular weight is 206 g/mol. The largest absolute Gasteiger partial charge is 0.368 e. The van der Waals surface area contributed by atoms with Crippen molar-refractivity contribution >= 4 is 6.21 Å². The Balaban J connectivity index is 2.56. The molecule has 1 N–H and O–H groups in total. The van der Waals surface area contributed by atoms with Gasteiger partial charge < -0.3 is 10.2 Å². The Labute approximate surface area is 91.3 Å².